The Morgan fingerprint density at radius 2 is 2.19 bits per heavy atom. The number of hydrogen-bond donors (Lipinski definition) is 2. The number of hydrogen-bond acceptors (Lipinski definition) is 7. The number of aryl methyl sites for hydroxylation is 1. The van der Waals surface area contributed by atoms with E-state index < -0.39 is 11.5 Å². The number of H-pyrrole nitrogens is 1. The predicted octanol–water partition coefficient (Wildman–Crippen LogP) is 1.98. The third-order valence-corrected chi connectivity index (χ3v) is 4.00. The molecule has 0 atom stereocenters. The van der Waals surface area contributed by atoms with E-state index in [9.17, 15) is 9.59 Å². The molecule has 1 aromatic heterocycles. The van der Waals surface area contributed by atoms with E-state index in [2.05, 4.69) is 31.2 Å². The lowest BCUT2D eigenvalue weighted by atomic mass is 10.2. The van der Waals surface area contributed by atoms with Crippen LogP contribution < -0.4 is 15.0 Å². The Morgan fingerprint density at radius 3 is 2.81 bits per heavy atom. The van der Waals surface area contributed by atoms with Crippen LogP contribution in [0.2, 0.25) is 0 Å². The molecule has 0 aliphatic carbocycles. The van der Waals surface area contributed by atoms with Crippen molar-refractivity contribution in [2.45, 2.75) is 12.8 Å². The maximum absolute atomic E-state index is 12.4. The van der Waals surface area contributed by atoms with E-state index in [4.69, 9.17) is 26.8 Å². The Labute approximate surface area is 161 Å². The minimum Gasteiger partial charge on any atom is -0.493 e. The van der Waals surface area contributed by atoms with Crippen molar-refractivity contribution in [1.29, 1.82) is 0 Å². The molecule has 0 spiro atoms. The minimum absolute atomic E-state index is 0.0220. The van der Waals surface area contributed by atoms with Crippen molar-refractivity contribution < 1.29 is 19.4 Å². The Bertz CT molecular complexity index is 969. The van der Waals surface area contributed by atoms with Gasteiger partial charge in [-0.05, 0) is 24.4 Å². The third-order valence-electron chi connectivity index (χ3n) is 3.28. The molecule has 9 nitrogen and oxygen atoms in total. The van der Waals surface area contributed by atoms with E-state index in [1.54, 1.807) is 12.1 Å². The quantitative estimate of drug-likeness (QED) is 0.496. The molecule has 0 saturated heterocycles. The predicted molar refractivity (Wildman–Crippen MR) is 99.9 cm³/mol. The van der Waals surface area contributed by atoms with Crippen molar-refractivity contribution in [3.63, 3.8) is 0 Å². The van der Waals surface area contributed by atoms with Gasteiger partial charge in [0.05, 0.1) is 26.9 Å². The second-order valence-corrected chi connectivity index (χ2v) is 6.26. The molecule has 2 aromatic rings. The molecule has 26 heavy (non-hydrogen) atoms. The highest BCUT2D eigenvalue weighted by Crippen LogP contribution is 2.33. The zero-order valence-electron chi connectivity index (χ0n) is 13.9. The maximum atomic E-state index is 12.4. The lowest BCUT2D eigenvalue weighted by Gasteiger charge is -2.11. The molecular weight excluding hydrogens is 428 g/mol. The lowest BCUT2D eigenvalue weighted by molar-refractivity contribution is -0.136. The smallest absolute Gasteiger partial charge is 0.303 e. The highest BCUT2D eigenvalue weighted by atomic mass is 79.9. The molecule has 0 saturated carbocycles. The molecule has 1 aromatic carbocycles. The van der Waals surface area contributed by atoms with Gasteiger partial charge in [-0.3, -0.25) is 14.7 Å². The number of carbonyl (C=O) groups is 1. The van der Waals surface area contributed by atoms with Gasteiger partial charge in [0.1, 0.15) is 5.69 Å². The Hall–Kier alpha value is -2.53. The number of benzene rings is 1. The number of aromatic nitrogens is 3. The van der Waals surface area contributed by atoms with E-state index in [0.29, 0.717) is 17.1 Å². The Morgan fingerprint density at radius 1 is 1.46 bits per heavy atom. The van der Waals surface area contributed by atoms with Crippen LogP contribution in [0.4, 0.5) is 0 Å². The van der Waals surface area contributed by atoms with Crippen molar-refractivity contribution in [3.05, 3.63) is 43.0 Å². The summed E-state index contributed by atoms with van der Waals surface area (Å²) in [5, 5.41) is 19.1. The molecule has 0 fully saturated rings. The monoisotopic (exact) mass is 442 g/mol. The summed E-state index contributed by atoms with van der Waals surface area (Å²) in [4.78, 5) is 23.1. The van der Waals surface area contributed by atoms with Crippen molar-refractivity contribution >= 4 is 40.3 Å². The minimum atomic E-state index is -1.03. The molecule has 11 heteroatoms. The van der Waals surface area contributed by atoms with Crippen molar-refractivity contribution in [1.82, 2.24) is 14.9 Å². The Kier molecular flexibility index (Phi) is 6.64. The summed E-state index contributed by atoms with van der Waals surface area (Å²) < 4.78 is 12.2. The van der Waals surface area contributed by atoms with Gasteiger partial charge >= 0.3 is 5.97 Å². The van der Waals surface area contributed by atoms with Crippen LogP contribution >= 0.6 is 28.1 Å². The van der Waals surface area contributed by atoms with E-state index in [1.807, 2.05) is 0 Å². The summed E-state index contributed by atoms with van der Waals surface area (Å²) in [5.74, 6) is -0.116. The average Bonchev–Trinajstić information content (AvgIpc) is 2.60. The van der Waals surface area contributed by atoms with Crippen LogP contribution in [0.5, 0.6) is 11.5 Å². The first-order chi connectivity index (χ1) is 12.4. The molecule has 2 rings (SSSR count). The maximum Gasteiger partial charge on any atom is 0.303 e. The van der Waals surface area contributed by atoms with Crippen LogP contribution in [-0.2, 0) is 11.2 Å². The molecule has 0 radical (unpaired) electrons. The van der Waals surface area contributed by atoms with Crippen LogP contribution in [-0.4, -0.2) is 46.4 Å². The molecule has 138 valence electrons. The van der Waals surface area contributed by atoms with Gasteiger partial charge < -0.3 is 14.6 Å². The van der Waals surface area contributed by atoms with Gasteiger partial charge in [0.2, 0.25) is 4.77 Å². The first kappa shape index (κ1) is 19.8. The molecule has 0 bridgehead atoms. The summed E-state index contributed by atoms with van der Waals surface area (Å²) in [5.41, 5.74) is -0.0203. The second-order valence-electron chi connectivity index (χ2n) is 4.96. The summed E-state index contributed by atoms with van der Waals surface area (Å²) >= 11 is 8.40. The lowest BCUT2D eigenvalue weighted by Crippen LogP contribution is -2.25. The molecule has 2 N–H and O–H groups in total. The number of carboxylic acid groups (broad SMARTS) is 1. The van der Waals surface area contributed by atoms with Gasteiger partial charge in [0.25, 0.3) is 5.56 Å². The second kappa shape index (κ2) is 8.72. The van der Waals surface area contributed by atoms with Gasteiger partial charge in [-0.25, -0.2) is 0 Å². The molecule has 1 heterocycles. The molecule has 0 amide bonds. The van der Waals surface area contributed by atoms with Gasteiger partial charge in [-0.2, -0.15) is 14.9 Å². The van der Waals surface area contributed by atoms with Crippen LogP contribution in [0.3, 0.4) is 0 Å². The fraction of sp³-hybridized carbons (Fsp3) is 0.267. The van der Waals surface area contributed by atoms with Crippen LogP contribution in [0, 0.1) is 4.77 Å². The number of methoxy groups -OCH3 is 2. The average molecular weight is 443 g/mol. The van der Waals surface area contributed by atoms with Crippen molar-refractivity contribution in [3.8, 4) is 11.5 Å². The number of aliphatic carboxylic acids is 1. The Balaban J connectivity index is 2.47. The van der Waals surface area contributed by atoms with Crippen molar-refractivity contribution in [2.75, 3.05) is 14.2 Å². The summed E-state index contributed by atoms with van der Waals surface area (Å²) in [6.45, 7) is 0. The van der Waals surface area contributed by atoms with Gasteiger partial charge in [0.15, 0.2) is 11.5 Å². The summed E-state index contributed by atoms with van der Waals surface area (Å²) in [6.07, 6.45) is 1.12. The van der Waals surface area contributed by atoms with Gasteiger partial charge in [-0.1, -0.05) is 15.9 Å². The molecule has 0 aliphatic rings. The van der Waals surface area contributed by atoms with Gasteiger partial charge in [-0.15, -0.1) is 0 Å². The third kappa shape index (κ3) is 4.55. The number of halogens is 1. The van der Waals surface area contributed by atoms with Crippen molar-refractivity contribution in [2.24, 2.45) is 5.10 Å². The van der Waals surface area contributed by atoms with E-state index in [-0.39, 0.29) is 23.3 Å². The van der Waals surface area contributed by atoms with Crippen LogP contribution in [0.1, 0.15) is 17.7 Å². The topological polar surface area (TPSA) is 119 Å². The fourth-order valence-electron chi connectivity index (χ4n) is 2.09. The van der Waals surface area contributed by atoms with E-state index in [1.165, 1.54) is 20.4 Å². The first-order valence-corrected chi connectivity index (χ1v) is 8.45. The zero-order chi connectivity index (χ0) is 19.3. The highest BCUT2D eigenvalue weighted by molar-refractivity contribution is 9.10. The number of carboxylic acids is 1. The van der Waals surface area contributed by atoms with Crippen LogP contribution in [0.25, 0.3) is 0 Å². The largest absolute Gasteiger partial charge is 0.493 e. The number of nitrogens with zero attached hydrogens (tertiary/aromatic N) is 3. The SMILES string of the molecule is COc1cc(Br)cc(/C=N\n2c(=S)[nH]nc(CCC(=O)O)c2=O)c1OC. The summed E-state index contributed by atoms with van der Waals surface area (Å²) in [6, 6.07) is 3.46. The summed E-state index contributed by atoms with van der Waals surface area (Å²) in [7, 11) is 2.99. The number of ether oxygens (including phenoxy) is 2. The van der Waals surface area contributed by atoms with Crippen LogP contribution in [0.15, 0.2) is 26.5 Å². The molecule has 0 aliphatic heterocycles. The van der Waals surface area contributed by atoms with E-state index in [0.717, 1.165) is 9.15 Å². The first-order valence-electron chi connectivity index (χ1n) is 7.25. The number of aromatic amines is 1. The normalized spacial score (nSPS) is 10.9. The standard InChI is InChI=1S/C15H15BrN4O5S/c1-24-11-6-9(16)5-8(13(11)25-2)7-17-20-14(23)10(3-4-12(21)22)18-19-15(20)26/h5-7H,3-4H2,1-2H3,(H,19,26)(H,21,22)/b17-7-. The van der Waals surface area contributed by atoms with E-state index >= 15 is 0 Å². The number of nitrogens with one attached hydrogen (secondary N) is 1. The fourth-order valence-corrected chi connectivity index (χ4v) is 2.72. The molecular formula is C15H15BrN4O5S. The number of rotatable bonds is 7. The van der Waals surface area contributed by atoms with Gasteiger partial charge in [0, 0.05) is 16.5 Å². The molecule has 0 unspecified atom stereocenters. The zero-order valence-corrected chi connectivity index (χ0v) is 16.3. The highest BCUT2D eigenvalue weighted by Gasteiger charge is 2.12.